The zero-order chi connectivity index (χ0) is 20.3. The molecule has 0 bridgehead atoms. The molecule has 2 N–H and O–H groups in total. The van der Waals surface area contributed by atoms with Gasteiger partial charge >= 0.3 is 0 Å². The standard InChI is InChI=1S/C23H24ClN5S/c24-16-4-6-18-19(8-9-25-20(18)14-16)27-17-5-7-22-21(15-17)28-23(30-22)26-10-13-29-11-2-1-3-12-29/h4-9,14-15H,1-3,10-13H2,(H,25,27)(H,26,28). The van der Waals surface area contributed by atoms with Gasteiger partial charge in [0.15, 0.2) is 5.13 Å². The third kappa shape index (κ3) is 4.36. The second-order valence-corrected chi connectivity index (χ2v) is 9.14. The Morgan fingerprint density at radius 3 is 2.80 bits per heavy atom. The van der Waals surface area contributed by atoms with Gasteiger partial charge in [-0.1, -0.05) is 29.4 Å². The summed E-state index contributed by atoms with van der Waals surface area (Å²) < 4.78 is 1.19. The van der Waals surface area contributed by atoms with Crippen LogP contribution in [-0.2, 0) is 0 Å². The first kappa shape index (κ1) is 19.5. The Labute approximate surface area is 185 Å². The van der Waals surface area contributed by atoms with Crippen LogP contribution >= 0.6 is 22.9 Å². The molecule has 30 heavy (non-hydrogen) atoms. The Morgan fingerprint density at radius 2 is 1.90 bits per heavy atom. The van der Waals surface area contributed by atoms with E-state index >= 15 is 0 Å². The maximum atomic E-state index is 6.10. The lowest BCUT2D eigenvalue weighted by Crippen LogP contribution is -2.33. The molecule has 0 atom stereocenters. The fraction of sp³-hybridized carbons (Fsp3) is 0.304. The molecule has 0 spiro atoms. The van der Waals surface area contributed by atoms with Crippen molar-refractivity contribution >= 4 is 60.6 Å². The second-order valence-electron chi connectivity index (χ2n) is 7.68. The van der Waals surface area contributed by atoms with Crippen LogP contribution in [0.25, 0.3) is 21.1 Å². The number of nitrogens with zero attached hydrogens (tertiary/aromatic N) is 3. The normalized spacial score (nSPS) is 15.0. The first-order chi connectivity index (χ1) is 14.7. The van der Waals surface area contributed by atoms with Gasteiger partial charge < -0.3 is 15.5 Å². The van der Waals surface area contributed by atoms with Crippen LogP contribution in [0, 0.1) is 0 Å². The molecule has 0 aliphatic carbocycles. The highest BCUT2D eigenvalue weighted by atomic mass is 35.5. The van der Waals surface area contributed by atoms with Crippen LogP contribution in [0.4, 0.5) is 16.5 Å². The van der Waals surface area contributed by atoms with E-state index in [0.29, 0.717) is 5.02 Å². The monoisotopic (exact) mass is 437 g/mol. The molecule has 1 aliphatic rings. The zero-order valence-electron chi connectivity index (χ0n) is 16.7. The Hall–Kier alpha value is -2.41. The van der Waals surface area contributed by atoms with Gasteiger partial charge in [0.2, 0.25) is 0 Å². The number of nitrogens with one attached hydrogen (secondary N) is 2. The highest BCUT2D eigenvalue weighted by Crippen LogP contribution is 2.31. The molecule has 154 valence electrons. The number of piperidine rings is 1. The van der Waals surface area contributed by atoms with Crippen molar-refractivity contribution in [2.45, 2.75) is 19.3 Å². The van der Waals surface area contributed by atoms with Gasteiger partial charge in [-0.05, 0) is 68.4 Å². The van der Waals surface area contributed by atoms with Crippen LogP contribution in [-0.4, -0.2) is 41.0 Å². The smallest absolute Gasteiger partial charge is 0.183 e. The molecule has 5 nitrogen and oxygen atoms in total. The summed E-state index contributed by atoms with van der Waals surface area (Å²) in [6, 6.07) is 14.1. The van der Waals surface area contributed by atoms with Crippen LogP contribution in [0.1, 0.15) is 19.3 Å². The van der Waals surface area contributed by atoms with Crippen molar-refractivity contribution < 1.29 is 0 Å². The van der Waals surface area contributed by atoms with Gasteiger partial charge in [-0.25, -0.2) is 4.98 Å². The van der Waals surface area contributed by atoms with Crippen molar-refractivity contribution in [3.05, 3.63) is 53.7 Å². The minimum Gasteiger partial charge on any atom is -0.360 e. The summed E-state index contributed by atoms with van der Waals surface area (Å²) in [6.07, 6.45) is 5.83. The minimum atomic E-state index is 0.691. The summed E-state index contributed by atoms with van der Waals surface area (Å²) in [5.74, 6) is 0. The lowest BCUT2D eigenvalue weighted by molar-refractivity contribution is 0.237. The summed E-state index contributed by atoms with van der Waals surface area (Å²) in [5, 5.41) is 9.74. The minimum absolute atomic E-state index is 0.691. The number of aromatic nitrogens is 2. The van der Waals surface area contributed by atoms with Crippen molar-refractivity contribution in [1.29, 1.82) is 0 Å². The highest BCUT2D eigenvalue weighted by molar-refractivity contribution is 7.22. The number of hydrogen-bond donors (Lipinski definition) is 2. The van der Waals surface area contributed by atoms with Gasteiger partial charge in [-0.2, -0.15) is 0 Å². The summed E-state index contributed by atoms with van der Waals surface area (Å²) in [5.41, 5.74) is 3.90. The molecule has 1 saturated heterocycles. The number of fused-ring (bicyclic) bond motifs is 2. The fourth-order valence-electron chi connectivity index (χ4n) is 3.97. The molecular weight excluding hydrogens is 414 g/mol. The van der Waals surface area contributed by atoms with Crippen LogP contribution in [0.15, 0.2) is 48.7 Å². The molecule has 2 aromatic carbocycles. The summed E-state index contributed by atoms with van der Waals surface area (Å²) in [4.78, 5) is 11.7. The Bertz CT molecular complexity index is 1170. The number of hydrogen-bond acceptors (Lipinski definition) is 6. The maximum Gasteiger partial charge on any atom is 0.183 e. The Kier molecular flexibility index (Phi) is 5.71. The highest BCUT2D eigenvalue weighted by Gasteiger charge is 2.10. The molecule has 1 aliphatic heterocycles. The van der Waals surface area contributed by atoms with Crippen LogP contribution in [0.5, 0.6) is 0 Å². The number of halogens is 1. The van der Waals surface area contributed by atoms with E-state index in [2.05, 4.69) is 38.7 Å². The number of benzene rings is 2. The van der Waals surface area contributed by atoms with Crippen molar-refractivity contribution in [2.24, 2.45) is 0 Å². The van der Waals surface area contributed by atoms with Crippen molar-refractivity contribution in [3.8, 4) is 0 Å². The molecular formula is C23H24ClN5S. The fourth-order valence-corrected chi connectivity index (χ4v) is 5.01. The Morgan fingerprint density at radius 1 is 1.00 bits per heavy atom. The van der Waals surface area contributed by atoms with Gasteiger partial charge in [-0.15, -0.1) is 0 Å². The van der Waals surface area contributed by atoms with Crippen LogP contribution < -0.4 is 10.6 Å². The van der Waals surface area contributed by atoms with Crippen LogP contribution in [0.3, 0.4) is 0 Å². The molecule has 0 unspecified atom stereocenters. The third-order valence-corrected chi connectivity index (χ3v) is 6.75. The number of rotatable bonds is 6. The second kappa shape index (κ2) is 8.76. The van der Waals surface area contributed by atoms with Crippen molar-refractivity contribution in [3.63, 3.8) is 0 Å². The molecule has 7 heteroatoms. The lowest BCUT2D eigenvalue weighted by Gasteiger charge is -2.26. The number of pyridine rings is 1. The molecule has 5 rings (SSSR count). The average Bonchev–Trinajstić information content (AvgIpc) is 3.16. The topological polar surface area (TPSA) is 53.1 Å². The van der Waals surface area contributed by atoms with E-state index in [-0.39, 0.29) is 0 Å². The molecule has 4 aromatic rings. The lowest BCUT2D eigenvalue weighted by atomic mass is 10.1. The van der Waals surface area contributed by atoms with Crippen molar-refractivity contribution in [2.75, 3.05) is 36.8 Å². The zero-order valence-corrected chi connectivity index (χ0v) is 18.3. The van der Waals surface area contributed by atoms with E-state index < -0.39 is 0 Å². The first-order valence-electron chi connectivity index (χ1n) is 10.4. The first-order valence-corrected chi connectivity index (χ1v) is 11.6. The van der Waals surface area contributed by atoms with Crippen molar-refractivity contribution in [1.82, 2.24) is 14.9 Å². The SMILES string of the molecule is Clc1ccc2c(Nc3ccc4sc(NCCN5CCCCC5)nc4c3)ccnc2c1. The average molecular weight is 438 g/mol. The maximum absolute atomic E-state index is 6.10. The van der Waals surface area contributed by atoms with Gasteiger partial charge in [-0.3, -0.25) is 4.98 Å². The summed E-state index contributed by atoms with van der Waals surface area (Å²) >= 11 is 7.81. The van der Waals surface area contributed by atoms with E-state index in [0.717, 1.165) is 46.0 Å². The van der Waals surface area contributed by atoms with Crippen LogP contribution in [0.2, 0.25) is 5.02 Å². The molecule has 0 amide bonds. The van der Waals surface area contributed by atoms with E-state index in [9.17, 15) is 0 Å². The Balaban J connectivity index is 1.29. The molecule has 3 heterocycles. The number of thiazole rings is 1. The predicted molar refractivity (Wildman–Crippen MR) is 128 cm³/mol. The van der Waals surface area contributed by atoms with E-state index in [4.69, 9.17) is 16.6 Å². The van der Waals surface area contributed by atoms with Gasteiger partial charge in [0.05, 0.1) is 15.7 Å². The van der Waals surface area contributed by atoms with E-state index in [1.54, 1.807) is 17.5 Å². The largest absolute Gasteiger partial charge is 0.360 e. The molecule has 1 fully saturated rings. The summed E-state index contributed by atoms with van der Waals surface area (Å²) in [6.45, 7) is 4.48. The third-order valence-electron chi connectivity index (χ3n) is 5.52. The number of anilines is 3. The quantitative estimate of drug-likeness (QED) is 0.379. The number of likely N-dealkylation sites (tertiary alicyclic amines) is 1. The predicted octanol–water partition coefficient (Wildman–Crippen LogP) is 6.14. The van der Waals surface area contributed by atoms with Gasteiger partial charge in [0.25, 0.3) is 0 Å². The van der Waals surface area contributed by atoms with E-state index in [1.165, 1.54) is 37.1 Å². The van der Waals surface area contributed by atoms with E-state index in [1.807, 2.05) is 24.3 Å². The molecule has 0 radical (unpaired) electrons. The van der Waals surface area contributed by atoms with Gasteiger partial charge in [0, 0.05) is 41.1 Å². The molecule has 0 saturated carbocycles. The summed E-state index contributed by atoms with van der Waals surface area (Å²) in [7, 11) is 0. The molecule has 2 aromatic heterocycles. The van der Waals surface area contributed by atoms with Gasteiger partial charge in [0.1, 0.15) is 0 Å².